The fourth-order valence-corrected chi connectivity index (χ4v) is 3.19. The summed E-state index contributed by atoms with van der Waals surface area (Å²) in [6.45, 7) is 6.79. The topological polar surface area (TPSA) is 46.0 Å². The van der Waals surface area contributed by atoms with Crippen LogP contribution in [0.2, 0.25) is 0 Å². The molecule has 0 amide bonds. The lowest BCUT2D eigenvalue weighted by atomic mass is 9.99. The average molecular weight is 369 g/mol. The van der Waals surface area contributed by atoms with Crippen molar-refractivity contribution in [3.05, 3.63) is 94.5 Å². The molecule has 0 saturated carbocycles. The minimum Gasteiger partial charge on any atom is -0.494 e. The largest absolute Gasteiger partial charge is 0.494 e. The minimum atomic E-state index is 0.650. The van der Waals surface area contributed by atoms with Gasteiger partial charge in [0.25, 0.3) is 0 Å². The van der Waals surface area contributed by atoms with Gasteiger partial charge in [0.1, 0.15) is 5.75 Å². The van der Waals surface area contributed by atoms with Crippen LogP contribution in [-0.2, 0) is 0 Å². The molecule has 4 rings (SSSR count). The van der Waals surface area contributed by atoms with Crippen molar-refractivity contribution in [3.8, 4) is 5.75 Å². The van der Waals surface area contributed by atoms with Gasteiger partial charge in [-0.15, -0.1) is 0 Å². The Balaban J connectivity index is 1.79. The van der Waals surface area contributed by atoms with E-state index in [9.17, 15) is 0 Å². The molecule has 0 saturated heterocycles. The van der Waals surface area contributed by atoms with Crippen molar-refractivity contribution in [1.29, 1.82) is 0 Å². The molecule has 0 atom stereocenters. The highest BCUT2D eigenvalue weighted by Crippen LogP contribution is 2.27. The number of hydrazone groups is 1. The van der Waals surface area contributed by atoms with E-state index in [1.54, 1.807) is 0 Å². The lowest BCUT2D eigenvalue weighted by Crippen LogP contribution is -2.19. The summed E-state index contributed by atoms with van der Waals surface area (Å²) in [4.78, 5) is 4.87. The Morgan fingerprint density at radius 3 is 2.21 bits per heavy atom. The van der Waals surface area contributed by atoms with Crippen molar-refractivity contribution in [3.63, 3.8) is 0 Å². The number of benzene rings is 3. The summed E-state index contributed by atoms with van der Waals surface area (Å²) in [6.07, 6.45) is 0. The fraction of sp³-hybridized carbons (Fsp3) is 0.167. The van der Waals surface area contributed by atoms with Crippen LogP contribution in [0, 0.1) is 13.8 Å². The zero-order valence-corrected chi connectivity index (χ0v) is 16.4. The van der Waals surface area contributed by atoms with Crippen LogP contribution >= 0.6 is 0 Å². The third-order valence-electron chi connectivity index (χ3n) is 4.68. The number of nitrogens with one attached hydrogen (secondary N) is 1. The van der Waals surface area contributed by atoms with Gasteiger partial charge in [-0.2, -0.15) is 5.10 Å². The van der Waals surface area contributed by atoms with Crippen molar-refractivity contribution >= 4 is 17.2 Å². The second kappa shape index (κ2) is 7.69. The van der Waals surface area contributed by atoms with Crippen LogP contribution in [0.3, 0.4) is 0 Å². The number of aliphatic imine (C=N–C) groups is 1. The second-order valence-corrected chi connectivity index (χ2v) is 6.88. The van der Waals surface area contributed by atoms with Crippen LogP contribution in [-0.4, -0.2) is 18.2 Å². The summed E-state index contributed by atoms with van der Waals surface area (Å²) < 4.78 is 5.57. The zero-order valence-electron chi connectivity index (χ0n) is 16.4. The Labute approximate surface area is 165 Å². The van der Waals surface area contributed by atoms with Crippen molar-refractivity contribution in [1.82, 2.24) is 5.43 Å². The van der Waals surface area contributed by atoms with Gasteiger partial charge in [-0.05, 0) is 57.2 Å². The molecule has 4 heteroatoms. The first-order valence-electron chi connectivity index (χ1n) is 9.48. The number of amidine groups is 1. The van der Waals surface area contributed by atoms with E-state index < -0.39 is 0 Å². The molecule has 0 bridgehead atoms. The van der Waals surface area contributed by atoms with Gasteiger partial charge in [0, 0.05) is 16.7 Å². The lowest BCUT2D eigenvalue weighted by Gasteiger charge is -2.10. The molecule has 1 N–H and O–H groups in total. The third-order valence-corrected chi connectivity index (χ3v) is 4.68. The van der Waals surface area contributed by atoms with Crippen LogP contribution in [0.15, 0.2) is 76.8 Å². The van der Waals surface area contributed by atoms with Crippen LogP contribution in [0.5, 0.6) is 5.75 Å². The Hall–Kier alpha value is -3.40. The molecule has 1 heterocycles. The summed E-state index contributed by atoms with van der Waals surface area (Å²) in [5.41, 5.74) is 10.4. The second-order valence-electron chi connectivity index (χ2n) is 6.88. The van der Waals surface area contributed by atoms with E-state index >= 15 is 0 Å². The van der Waals surface area contributed by atoms with E-state index in [0.717, 1.165) is 39.7 Å². The van der Waals surface area contributed by atoms with Crippen LogP contribution in [0.1, 0.15) is 34.7 Å². The summed E-state index contributed by atoms with van der Waals surface area (Å²) in [6, 6.07) is 22.6. The number of aryl methyl sites for hydroxylation is 2. The normalized spacial score (nSPS) is 13.0. The monoisotopic (exact) mass is 369 g/mol. The first-order valence-corrected chi connectivity index (χ1v) is 9.48. The van der Waals surface area contributed by atoms with E-state index in [2.05, 4.69) is 61.7 Å². The number of hydrogen-bond donors (Lipinski definition) is 1. The smallest absolute Gasteiger partial charge is 0.154 e. The molecule has 0 unspecified atom stereocenters. The van der Waals surface area contributed by atoms with Gasteiger partial charge in [0.2, 0.25) is 0 Å². The van der Waals surface area contributed by atoms with E-state index in [0.29, 0.717) is 6.61 Å². The average Bonchev–Trinajstić information content (AvgIpc) is 2.89. The first-order chi connectivity index (χ1) is 13.6. The van der Waals surface area contributed by atoms with Crippen molar-refractivity contribution in [2.45, 2.75) is 20.8 Å². The molecule has 140 valence electrons. The molecule has 4 nitrogen and oxygen atoms in total. The maximum atomic E-state index is 5.57. The molecule has 0 fully saturated rings. The summed E-state index contributed by atoms with van der Waals surface area (Å²) in [5, 5.41) is 4.73. The molecular weight excluding hydrogens is 346 g/mol. The van der Waals surface area contributed by atoms with Gasteiger partial charge in [-0.1, -0.05) is 41.5 Å². The summed E-state index contributed by atoms with van der Waals surface area (Å²) in [5.74, 6) is 1.60. The summed E-state index contributed by atoms with van der Waals surface area (Å²) in [7, 11) is 0. The molecule has 0 spiro atoms. The number of rotatable bonds is 4. The fourth-order valence-electron chi connectivity index (χ4n) is 3.19. The number of nitrogens with zero attached hydrogens (tertiary/aromatic N) is 2. The molecule has 1 aliphatic heterocycles. The summed E-state index contributed by atoms with van der Waals surface area (Å²) >= 11 is 0. The van der Waals surface area contributed by atoms with Gasteiger partial charge >= 0.3 is 0 Å². The van der Waals surface area contributed by atoms with Gasteiger partial charge in [0.15, 0.2) is 5.84 Å². The van der Waals surface area contributed by atoms with Crippen molar-refractivity contribution < 1.29 is 4.74 Å². The van der Waals surface area contributed by atoms with E-state index in [-0.39, 0.29) is 0 Å². The molecule has 0 aliphatic carbocycles. The van der Waals surface area contributed by atoms with Gasteiger partial charge in [-0.25, -0.2) is 4.99 Å². The van der Waals surface area contributed by atoms with Gasteiger partial charge in [-0.3, -0.25) is 5.43 Å². The highest BCUT2D eigenvalue weighted by atomic mass is 16.5. The predicted octanol–water partition coefficient (Wildman–Crippen LogP) is 5.14. The SMILES string of the molecule is CCOc1ccc(C2=NNC(c3ccc(C)cc3)=Nc3ccc(C)cc32)cc1. The Morgan fingerprint density at radius 1 is 0.821 bits per heavy atom. The van der Waals surface area contributed by atoms with E-state index in [1.807, 2.05) is 31.2 Å². The van der Waals surface area contributed by atoms with Crippen molar-refractivity contribution in [2.24, 2.45) is 10.1 Å². The lowest BCUT2D eigenvalue weighted by molar-refractivity contribution is 0.340. The first kappa shape index (κ1) is 18.0. The van der Waals surface area contributed by atoms with Crippen molar-refractivity contribution in [2.75, 3.05) is 6.61 Å². The molecule has 0 radical (unpaired) electrons. The number of fused-ring (bicyclic) bond motifs is 1. The van der Waals surface area contributed by atoms with E-state index in [4.69, 9.17) is 14.8 Å². The molecule has 3 aromatic rings. The Bertz CT molecular complexity index is 1050. The quantitative estimate of drug-likeness (QED) is 0.692. The molecule has 3 aromatic carbocycles. The predicted molar refractivity (Wildman–Crippen MR) is 115 cm³/mol. The number of ether oxygens (including phenoxy) is 1. The van der Waals surface area contributed by atoms with Crippen LogP contribution in [0.25, 0.3) is 0 Å². The highest BCUT2D eigenvalue weighted by Gasteiger charge is 2.17. The zero-order chi connectivity index (χ0) is 19.5. The highest BCUT2D eigenvalue weighted by molar-refractivity contribution is 6.18. The molecule has 1 aliphatic rings. The maximum absolute atomic E-state index is 5.57. The van der Waals surface area contributed by atoms with E-state index in [1.165, 1.54) is 11.1 Å². The molecular formula is C24H23N3O. The van der Waals surface area contributed by atoms with Crippen LogP contribution < -0.4 is 10.2 Å². The third kappa shape index (κ3) is 3.67. The van der Waals surface area contributed by atoms with Gasteiger partial charge < -0.3 is 4.74 Å². The Morgan fingerprint density at radius 2 is 1.50 bits per heavy atom. The van der Waals surface area contributed by atoms with Gasteiger partial charge in [0.05, 0.1) is 18.0 Å². The molecule has 28 heavy (non-hydrogen) atoms. The standard InChI is InChI=1S/C24H23N3O/c1-4-28-20-12-10-18(11-13-20)23-21-15-17(3)7-14-22(21)25-24(27-26-23)19-8-5-16(2)6-9-19/h5-15H,4H2,1-3H3,(H,25,27). The maximum Gasteiger partial charge on any atom is 0.154 e. The number of hydrogen-bond acceptors (Lipinski definition) is 4. The molecule has 0 aromatic heterocycles. The Kier molecular flexibility index (Phi) is 4.94. The minimum absolute atomic E-state index is 0.650. The van der Waals surface area contributed by atoms with Crippen LogP contribution in [0.4, 0.5) is 5.69 Å².